The molecule has 1 heterocycles. The lowest BCUT2D eigenvalue weighted by Gasteiger charge is -2.21. The number of nitrogens with zero attached hydrogens (tertiary/aromatic N) is 2. The summed E-state index contributed by atoms with van der Waals surface area (Å²) >= 11 is 0. The van der Waals surface area contributed by atoms with Crippen molar-refractivity contribution >= 4 is 17.4 Å². The van der Waals surface area contributed by atoms with Crippen molar-refractivity contribution in [1.29, 1.82) is 5.26 Å². The van der Waals surface area contributed by atoms with Gasteiger partial charge >= 0.3 is 0 Å². The number of carbonyl (C=O) groups excluding carboxylic acids is 1. The number of amides is 1. The zero-order valence-electron chi connectivity index (χ0n) is 14.5. The number of methoxy groups -OCH3 is 1. The minimum atomic E-state index is -0.633. The number of nitriles is 1. The summed E-state index contributed by atoms with van der Waals surface area (Å²) in [6.07, 6.45) is 0. The quantitative estimate of drug-likeness (QED) is 0.889. The van der Waals surface area contributed by atoms with Gasteiger partial charge in [-0.15, -0.1) is 0 Å². The van der Waals surface area contributed by atoms with Crippen LogP contribution in [0, 0.1) is 17.1 Å². The van der Waals surface area contributed by atoms with Crippen LogP contribution in [0.3, 0.4) is 0 Å². The molecule has 25 heavy (non-hydrogen) atoms. The molecule has 0 fully saturated rings. The van der Waals surface area contributed by atoms with Crippen molar-refractivity contribution < 1.29 is 13.9 Å². The minimum absolute atomic E-state index is 0.0431. The molecule has 130 valence electrons. The van der Waals surface area contributed by atoms with Crippen LogP contribution in [0.5, 0.6) is 5.75 Å². The molecule has 7 heteroatoms. The van der Waals surface area contributed by atoms with Crippen LogP contribution >= 0.6 is 0 Å². The maximum Gasteiger partial charge on any atom is 0.274 e. The standard InChI is InChI=1S/C18H19FN4O2/c1-18(2,3)23-17(24)16-14(25-4)7-8-15(22-16)21-12-6-5-11(10-20)13(19)9-12/h5-9H,1-4H3,(H,21,22)(H,23,24). The van der Waals surface area contributed by atoms with Crippen molar-refractivity contribution in [2.45, 2.75) is 26.3 Å². The molecule has 0 aliphatic carbocycles. The summed E-state index contributed by atoms with van der Waals surface area (Å²) in [7, 11) is 1.45. The van der Waals surface area contributed by atoms with E-state index in [1.165, 1.54) is 19.2 Å². The molecule has 1 amide bonds. The van der Waals surface area contributed by atoms with Crippen molar-refractivity contribution in [3.05, 3.63) is 47.4 Å². The summed E-state index contributed by atoms with van der Waals surface area (Å²) in [4.78, 5) is 16.7. The third kappa shape index (κ3) is 4.67. The highest BCUT2D eigenvalue weighted by Crippen LogP contribution is 2.23. The lowest BCUT2D eigenvalue weighted by molar-refractivity contribution is 0.0911. The van der Waals surface area contributed by atoms with E-state index in [1.807, 2.05) is 20.8 Å². The highest BCUT2D eigenvalue weighted by molar-refractivity contribution is 5.95. The van der Waals surface area contributed by atoms with Gasteiger partial charge in [-0.2, -0.15) is 5.26 Å². The Balaban J connectivity index is 2.31. The molecule has 0 bridgehead atoms. The molecule has 0 spiro atoms. The zero-order chi connectivity index (χ0) is 18.6. The molecule has 0 atom stereocenters. The van der Waals surface area contributed by atoms with Crippen LogP contribution in [0.1, 0.15) is 36.8 Å². The Morgan fingerprint density at radius 2 is 2.00 bits per heavy atom. The molecule has 0 aliphatic heterocycles. The average Bonchev–Trinajstić information content (AvgIpc) is 2.53. The summed E-state index contributed by atoms with van der Waals surface area (Å²) in [5, 5.41) is 14.5. The number of aromatic nitrogens is 1. The molecule has 1 aromatic carbocycles. The van der Waals surface area contributed by atoms with Gasteiger partial charge in [0.15, 0.2) is 5.69 Å². The number of pyridine rings is 1. The SMILES string of the molecule is COc1ccc(Nc2ccc(C#N)c(F)c2)nc1C(=O)NC(C)(C)C. The van der Waals surface area contributed by atoms with E-state index in [9.17, 15) is 9.18 Å². The first-order chi connectivity index (χ1) is 11.7. The maximum absolute atomic E-state index is 13.7. The van der Waals surface area contributed by atoms with Gasteiger partial charge in [-0.1, -0.05) is 0 Å². The highest BCUT2D eigenvalue weighted by atomic mass is 19.1. The van der Waals surface area contributed by atoms with Gasteiger partial charge in [-0.3, -0.25) is 4.79 Å². The molecule has 2 aromatic rings. The number of benzene rings is 1. The fourth-order valence-corrected chi connectivity index (χ4v) is 2.07. The largest absolute Gasteiger partial charge is 0.494 e. The number of ether oxygens (including phenoxy) is 1. The number of anilines is 2. The van der Waals surface area contributed by atoms with Gasteiger partial charge < -0.3 is 15.4 Å². The second-order valence-corrected chi connectivity index (χ2v) is 6.38. The Kier molecular flexibility index (Phi) is 5.22. The molecular formula is C18H19FN4O2. The van der Waals surface area contributed by atoms with Crippen LogP contribution in [0.25, 0.3) is 0 Å². The fourth-order valence-electron chi connectivity index (χ4n) is 2.07. The summed E-state index contributed by atoms with van der Waals surface area (Å²) < 4.78 is 18.9. The first-order valence-electron chi connectivity index (χ1n) is 7.58. The lowest BCUT2D eigenvalue weighted by Crippen LogP contribution is -2.41. The topological polar surface area (TPSA) is 87.0 Å². The van der Waals surface area contributed by atoms with Crippen molar-refractivity contribution in [2.75, 3.05) is 12.4 Å². The zero-order valence-corrected chi connectivity index (χ0v) is 14.5. The maximum atomic E-state index is 13.7. The first-order valence-corrected chi connectivity index (χ1v) is 7.58. The van der Waals surface area contributed by atoms with E-state index in [0.717, 1.165) is 0 Å². The average molecular weight is 342 g/mol. The number of hydrogen-bond acceptors (Lipinski definition) is 5. The number of rotatable bonds is 4. The summed E-state index contributed by atoms with van der Waals surface area (Å²) in [5.41, 5.74) is 0.0649. The Morgan fingerprint density at radius 3 is 2.56 bits per heavy atom. The third-order valence-corrected chi connectivity index (χ3v) is 3.14. The second kappa shape index (κ2) is 7.18. The Hall–Kier alpha value is -3.14. The monoisotopic (exact) mass is 342 g/mol. The molecule has 0 saturated carbocycles. The Morgan fingerprint density at radius 1 is 1.28 bits per heavy atom. The molecular weight excluding hydrogens is 323 g/mol. The third-order valence-electron chi connectivity index (χ3n) is 3.14. The molecule has 1 aromatic heterocycles. The second-order valence-electron chi connectivity index (χ2n) is 6.38. The van der Waals surface area contributed by atoms with Gasteiger partial charge in [0.05, 0.1) is 12.7 Å². The normalized spacial score (nSPS) is 10.7. The number of halogens is 1. The number of carbonyl (C=O) groups is 1. The Bertz CT molecular complexity index is 838. The first kappa shape index (κ1) is 18.2. The van der Waals surface area contributed by atoms with E-state index < -0.39 is 11.4 Å². The molecule has 2 rings (SSSR count). The van der Waals surface area contributed by atoms with E-state index in [-0.39, 0.29) is 17.2 Å². The fraction of sp³-hybridized carbons (Fsp3) is 0.278. The van der Waals surface area contributed by atoms with Gasteiger partial charge in [0.2, 0.25) is 0 Å². The number of nitrogens with one attached hydrogen (secondary N) is 2. The van der Waals surface area contributed by atoms with E-state index in [1.54, 1.807) is 24.3 Å². The van der Waals surface area contributed by atoms with Crippen LogP contribution in [0.15, 0.2) is 30.3 Å². The lowest BCUT2D eigenvalue weighted by atomic mass is 10.1. The molecule has 0 radical (unpaired) electrons. The van der Waals surface area contributed by atoms with Gasteiger partial charge in [0.25, 0.3) is 5.91 Å². The highest BCUT2D eigenvalue weighted by Gasteiger charge is 2.20. The summed E-state index contributed by atoms with van der Waals surface area (Å²) in [6, 6.07) is 9.10. The van der Waals surface area contributed by atoms with Crippen LogP contribution in [0.4, 0.5) is 15.9 Å². The smallest absolute Gasteiger partial charge is 0.274 e. The summed E-state index contributed by atoms with van der Waals surface area (Å²) in [6.45, 7) is 5.58. The van der Waals surface area contributed by atoms with E-state index >= 15 is 0 Å². The minimum Gasteiger partial charge on any atom is -0.494 e. The Labute approximate surface area is 145 Å². The van der Waals surface area contributed by atoms with Gasteiger partial charge in [0, 0.05) is 11.2 Å². The van der Waals surface area contributed by atoms with E-state index in [2.05, 4.69) is 15.6 Å². The van der Waals surface area contributed by atoms with Crippen LogP contribution in [-0.2, 0) is 0 Å². The predicted molar refractivity (Wildman–Crippen MR) is 92.4 cm³/mol. The van der Waals surface area contributed by atoms with Crippen molar-refractivity contribution in [3.63, 3.8) is 0 Å². The molecule has 0 aliphatic rings. The van der Waals surface area contributed by atoms with Crippen LogP contribution in [-0.4, -0.2) is 23.5 Å². The van der Waals surface area contributed by atoms with Crippen molar-refractivity contribution in [2.24, 2.45) is 0 Å². The predicted octanol–water partition coefficient (Wildman–Crippen LogP) is 3.37. The molecule has 6 nitrogen and oxygen atoms in total. The summed E-state index contributed by atoms with van der Waals surface area (Å²) in [5.74, 6) is -0.326. The number of hydrogen-bond donors (Lipinski definition) is 2. The van der Waals surface area contributed by atoms with Crippen LogP contribution in [0.2, 0.25) is 0 Å². The van der Waals surface area contributed by atoms with Gasteiger partial charge in [-0.25, -0.2) is 9.37 Å². The van der Waals surface area contributed by atoms with Gasteiger partial charge in [0.1, 0.15) is 23.5 Å². The molecule has 0 unspecified atom stereocenters. The van der Waals surface area contributed by atoms with Crippen molar-refractivity contribution in [3.8, 4) is 11.8 Å². The molecule has 0 saturated heterocycles. The van der Waals surface area contributed by atoms with E-state index in [0.29, 0.717) is 17.3 Å². The van der Waals surface area contributed by atoms with E-state index in [4.69, 9.17) is 10.00 Å². The van der Waals surface area contributed by atoms with Crippen molar-refractivity contribution in [1.82, 2.24) is 10.3 Å². The van der Waals surface area contributed by atoms with Gasteiger partial charge in [-0.05, 0) is 51.1 Å². The van der Waals surface area contributed by atoms with Crippen LogP contribution < -0.4 is 15.4 Å². The molecule has 2 N–H and O–H groups in total.